The van der Waals surface area contributed by atoms with Crippen molar-refractivity contribution in [2.24, 2.45) is 11.8 Å². The number of hydrogen-bond donors (Lipinski definition) is 0. The molecule has 3 atom stereocenters. The van der Waals surface area contributed by atoms with Gasteiger partial charge in [0, 0.05) is 13.8 Å². The normalized spacial score (nSPS) is 43.9. The zero-order chi connectivity index (χ0) is 12.3. The summed E-state index contributed by atoms with van der Waals surface area (Å²) in [6.45, 7) is 7.84. The molecule has 1 heterocycles. The standard InChI is InChI=1S/C14H20O3/c1-9-6-4-5-7-10-8-11-12(15)16-13(2,3)17-14(9,10)11/h10-11H,1,4-8H2,2-3H3/t10-,11+,14+/m1/s1. The molecule has 1 saturated heterocycles. The maximum atomic E-state index is 12.0. The van der Waals surface area contributed by atoms with E-state index in [1.54, 1.807) is 0 Å². The third kappa shape index (κ3) is 1.41. The van der Waals surface area contributed by atoms with Gasteiger partial charge in [-0.25, -0.2) is 0 Å². The van der Waals surface area contributed by atoms with Crippen LogP contribution in [0.25, 0.3) is 0 Å². The summed E-state index contributed by atoms with van der Waals surface area (Å²) >= 11 is 0. The minimum atomic E-state index is -0.806. The molecular weight excluding hydrogens is 216 g/mol. The topological polar surface area (TPSA) is 35.5 Å². The summed E-state index contributed by atoms with van der Waals surface area (Å²) in [5, 5.41) is 0. The molecule has 3 rings (SSSR count). The Morgan fingerprint density at radius 3 is 2.88 bits per heavy atom. The molecule has 94 valence electrons. The Labute approximate surface area is 102 Å². The molecule has 2 saturated carbocycles. The van der Waals surface area contributed by atoms with Crippen molar-refractivity contribution < 1.29 is 14.3 Å². The van der Waals surface area contributed by atoms with Crippen LogP contribution in [0.3, 0.4) is 0 Å². The lowest BCUT2D eigenvalue weighted by molar-refractivity contribution is -0.334. The van der Waals surface area contributed by atoms with E-state index in [-0.39, 0.29) is 11.9 Å². The highest BCUT2D eigenvalue weighted by molar-refractivity contribution is 5.78. The Balaban J connectivity index is 2.00. The predicted molar refractivity (Wildman–Crippen MR) is 63.2 cm³/mol. The molecule has 3 aliphatic rings. The van der Waals surface area contributed by atoms with Gasteiger partial charge in [-0.05, 0) is 37.2 Å². The zero-order valence-corrected chi connectivity index (χ0v) is 10.6. The van der Waals surface area contributed by atoms with Crippen LogP contribution < -0.4 is 0 Å². The number of hydrogen-bond acceptors (Lipinski definition) is 3. The van der Waals surface area contributed by atoms with E-state index in [4.69, 9.17) is 9.47 Å². The molecule has 0 radical (unpaired) electrons. The third-order valence-corrected chi connectivity index (χ3v) is 4.52. The van der Waals surface area contributed by atoms with Gasteiger partial charge in [0.25, 0.3) is 0 Å². The van der Waals surface area contributed by atoms with Gasteiger partial charge in [-0.1, -0.05) is 13.0 Å². The highest BCUT2D eigenvalue weighted by Crippen LogP contribution is 2.59. The van der Waals surface area contributed by atoms with Gasteiger partial charge in [0.15, 0.2) is 0 Å². The van der Waals surface area contributed by atoms with Crippen molar-refractivity contribution in [2.75, 3.05) is 0 Å². The van der Waals surface area contributed by atoms with E-state index in [0.717, 1.165) is 24.8 Å². The Morgan fingerprint density at radius 2 is 2.12 bits per heavy atom. The van der Waals surface area contributed by atoms with Gasteiger partial charge in [-0.15, -0.1) is 0 Å². The number of carbonyl (C=O) groups excluding carboxylic acids is 1. The molecule has 1 aliphatic heterocycles. The fourth-order valence-electron chi connectivity index (χ4n) is 3.79. The van der Waals surface area contributed by atoms with E-state index in [9.17, 15) is 4.79 Å². The van der Waals surface area contributed by atoms with Crippen molar-refractivity contribution in [3.63, 3.8) is 0 Å². The molecule has 1 spiro atoms. The quantitative estimate of drug-likeness (QED) is 0.479. The van der Waals surface area contributed by atoms with Gasteiger partial charge in [0.05, 0.1) is 5.92 Å². The van der Waals surface area contributed by atoms with Crippen LogP contribution in [0.15, 0.2) is 12.2 Å². The first-order chi connectivity index (χ1) is 7.96. The molecule has 0 N–H and O–H groups in total. The number of ether oxygens (including phenoxy) is 2. The second-order valence-electron chi connectivity index (χ2n) is 6.05. The van der Waals surface area contributed by atoms with Crippen LogP contribution >= 0.6 is 0 Å². The van der Waals surface area contributed by atoms with Crippen molar-refractivity contribution in [3.8, 4) is 0 Å². The van der Waals surface area contributed by atoms with Crippen molar-refractivity contribution in [3.05, 3.63) is 12.2 Å². The molecule has 0 aromatic rings. The summed E-state index contributed by atoms with van der Waals surface area (Å²) in [4.78, 5) is 12.0. The lowest BCUT2D eigenvalue weighted by atomic mass is 9.56. The number of rotatable bonds is 0. The molecule has 0 amide bonds. The predicted octanol–water partition coefficient (Wildman–Crippen LogP) is 2.80. The van der Waals surface area contributed by atoms with Gasteiger partial charge in [0.1, 0.15) is 5.60 Å². The largest absolute Gasteiger partial charge is 0.433 e. The maximum absolute atomic E-state index is 12.0. The van der Waals surface area contributed by atoms with Crippen LogP contribution in [0.2, 0.25) is 0 Å². The van der Waals surface area contributed by atoms with Crippen molar-refractivity contribution >= 4 is 5.97 Å². The van der Waals surface area contributed by atoms with Gasteiger partial charge < -0.3 is 9.47 Å². The lowest BCUT2D eigenvalue weighted by Gasteiger charge is -2.60. The SMILES string of the molecule is C=C1CCCC[C@@H]2C[C@H]3C(=O)OC(C)(C)O[C@@]123. The lowest BCUT2D eigenvalue weighted by Crippen LogP contribution is -2.68. The third-order valence-electron chi connectivity index (χ3n) is 4.52. The number of cyclic esters (lactones) is 1. The van der Waals surface area contributed by atoms with Gasteiger partial charge in [0.2, 0.25) is 5.79 Å². The van der Waals surface area contributed by atoms with E-state index in [0.29, 0.717) is 5.92 Å². The molecule has 0 bridgehead atoms. The molecular formula is C14H20O3. The van der Waals surface area contributed by atoms with Gasteiger partial charge in [-0.2, -0.15) is 0 Å². The summed E-state index contributed by atoms with van der Waals surface area (Å²) in [5.41, 5.74) is 0.705. The Bertz CT molecular complexity index is 385. The first kappa shape index (κ1) is 11.3. The molecule has 0 aromatic carbocycles. The fraction of sp³-hybridized carbons (Fsp3) is 0.786. The van der Waals surface area contributed by atoms with Crippen LogP contribution in [0.5, 0.6) is 0 Å². The molecule has 3 nitrogen and oxygen atoms in total. The summed E-state index contributed by atoms with van der Waals surface area (Å²) in [6, 6.07) is 0. The number of esters is 1. The Hall–Kier alpha value is -0.830. The first-order valence-corrected chi connectivity index (χ1v) is 6.57. The van der Waals surface area contributed by atoms with Crippen LogP contribution in [-0.4, -0.2) is 17.4 Å². The van der Waals surface area contributed by atoms with Gasteiger partial charge in [-0.3, -0.25) is 4.79 Å². The summed E-state index contributed by atoms with van der Waals surface area (Å²) in [5.74, 6) is -0.541. The maximum Gasteiger partial charge on any atom is 0.314 e. The Kier molecular flexibility index (Phi) is 2.22. The van der Waals surface area contributed by atoms with Gasteiger partial charge >= 0.3 is 5.97 Å². The number of carbonyl (C=O) groups is 1. The van der Waals surface area contributed by atoms with Crippen LogP contribution in [-0.2, 0) is 14.3 Å². The van der Waals surface area contributed by atoms with Crippen molar-refractivity contribution in [1.82, 2.24) is 0 Å². The van der Waals surface area contributed by atoms with Crippen LogP contribution in [0, 0.1) is 11.8 Å². The zero-order valence-electron chi connectivity index (χ0n) is 10.6. The molecule has 2 aliphatic carbocycles. The van der Waals surface area contributed by atoms with E-state index in [2.05, 4.69) is 6.58 Å². The van der Waals surface area contributed by atoms with Crippen molar-refractivity contribution in [1.29, 1.82) is 0 Å². The highest BCUT2D eigenvalue weighted by Gasteiger charge is 2.66. The van der Waals surface area contributed by atoms with E-state index >= 15 is 0 Å². The minimum absolute atomic E-state index is 0.0967. The second-order valence-corrected chi connectivity index (χ2v) is 6.05. The van der Waals surface area contributed by atoms with E-state index in [1.165, 1.54) is 12.8 Å². The summed E-state index contributed by atoms with van der Waals surface area (Å²) < 4.78 is 11.5. The Morgan fingerprint density at radius 1 is 1.35 bits per heavy atom. The average molecular weight is 236 g/mol. The molecule has 17 heavy (non-hydrogen) atoms. The van der Waals surface area contributed by atoms with E-state index < -0.39 is 11.4 Å². The molecule has 0 unspecified atom stereocenters. The molecule has 3 fully saturated rings. The minimum Gasteiger partial charge on any atom is -0.433 e. The molecule has 0 aromatic heterocycles. The first-order valence-electron chi connectivity index (χ1n) is 6.57. The highest BCUT2D eigenvalue weighted by atomic mass is 16.7. The molecule has 3 heteroatoms. The van der Waals surface area contributed by atoms with Crippen LogP contribution in [0.1, 0.15) is 46.0 Å². The monoisotopic (exact) mass is 236 g/mol. The second kappa shape index (κ2) is 3.35. The van der Waals surface area contributed by atoms with Crippen molar-refractivity contribution in [2.45, 2.75) is 57.3 Å². The summed E-state index contributed by atoms with van der Waals surface area (Å²) in [7, 11) is 0. The summed E-state index contributed by atoms with van der Waals surface area (Å²) in [6.07, 6.45) is 5.43. The smallest absolute Gasteiger partial charge is 0.314 e. The fourth-order valence-corrected chi connectivity index (χ4v) is 3.79. The van der Waals surface area contributed by atoms with Crippen LogP contribution in [0.4, 0.5) is 0 Å². The average Bonchev–Trinajstić information content (AvgIpc) is 2.29. The van der Waals surface area contributed by atoms with E-state index in [1.807, 2.05) is 13.8 Å².